The number of hydrogen-bond donors (Lipinski definition) is 3. The van der Waals surface area contributed by atoms with Gasteiger partial charge < -0.3 is 48.6 Å². The summed E-state index contributed by atoms with van der Waals surface area (Å²) in [5, 5.41) is 38.1. The van der Waals surface area contributed by atoms with Gasteiger partial charge in [-0.15, -0.1) is 0 Å². The third kappa shape index (κ3) is 7.02. The van der Waals surface area contributed by atoms with Gasteiger partial charge in [0.2, 0.25) is 0 Å². The molecule has 0 amide bonds. The Balaban J connectivity index is 1.21. The van der Waals surface area contributed by atoms with Crippen molar-refractivity contribution in [1.82, 2.24) is 4.90 Å². The summed E-state index contributed by atoms with van der Waals surface area (Å²) in [4.78, 5) is 30.8. The highest BCUT2D eigenvalue weighted by Gasteiger charge is 2.92. The van der Waals surface area contributed by atoms with Gasteiger partial charge in [-0.1, -0.05) is 102 Å². The van der Waals surface area contributed by atoms with Crippen molar-refractivity contribution >= 4 is 11.9 Å². The molecule has 332 valence electrons. The largest absolute Gasteiger partial charge is 0.455 e. The van der Waals surface area contributed by atoms with E-state index in [2.05, 4.69) is 11.8 Å². The van der Waals surface area contributed by atoms with Crippen LogP contribution in [0.25, 0.3) is 0 Å². The lowest BCUT2D eigenvalue weighted by Crippen LogP contribution is -2.81. The molecule has 59 heavy (non-hydrogen) atoms. The number of hydrogen-bond acceptors (Lipinski definition) is 12. The highest BCUT2D eigenvalue weighted by molar-refractivity contribution is 5.89. The second-order valence-electron chi connectivity index (χ2n) is 19.1. The lowest BCUT2D eigenvalue weighted by Gasteiger charge is -2.70. The first-order valence-corrected chi connectivity index (χ1v) is 22.8. The summed E-state index contributed by atoms with van der Waals surface area (Å²) < 4.78 is 38.5. The molecule has 1 aromatic rings. The average Bonchev–Trinajstić information content (AvgIpc) is 3.62. The van der Waals surface area contributed by atoms with Gasteiger partial charge in [0, 0.05) is 82.5 Å². The minimum absolute atomic E-state index is 0.0845. The van der Waals surface area contributed by atoms with Crippen LogP contribution in [0.15, 0.2) is 30.3 Å². The van der Waals surface area contributed by atoms with Gasteiger partial charge in [0.25, 0.3) is 0 Å². The van der Waals surface area contributed by atoms with Crippen molar-refractivity contribution in [3.05, 3.63) is 35.9 Å². The highest BCUT2D eigenvalue weighted by Crippen LogP contribution is 2.80. The molecule has 6 fully saturated rings. The molecule has 0 aromatic heterocycles. The Hall–Kier alpha value is -2.16. The lowest BCUT2D eigenvalue weighted by molar-refractivity contribution is -0.321. The molecule has 12 nitrogen and oxygen atoms in total. The fourth-order valence-corrected chi connectivity index (χ4v) is 14.5. The smallest absolute Gasteiger partial charge is 0.338 e. The van der Waals surface area contributed by atoms with Crippen LogP contribution in [-0.4, -0.2) is 135 Å². The van der Waals surface area contributed by atoms with Gasteiger partial charge in [0.05, 0.1) is 30.5 Å². The van der Waals surface area contributed by atoms with Gasteiger partial charge in [0.15, 0.2) is 5.60 Å². The van der Waals surface area contributed by atoms with Crippen molar-refractivity contribution in [2.75, 3.05) is 48.6 Å². The predicted octanol–water partition coefficient (Wildman–Crippen LogP) is 5.72. The lowest BCUT2D eigenvalue weighted by atomic mass is 9.42. The molecule has 1 aliphatic heterocycles. The van der Waals surface area contributed by atoms with Crippen molar-refractivity contribution < 1.29 is 53.3 Å². The zero-order valence-electron chi connectivity index (χ0n) is 36.5. The van der Waals surface area contributed by atoms with Crippen molar-refractivity contribution in [3.63, 3.8) is 0 Å². The molecule has 1 heterocycles. The maximum atomic E-state index is 14.5. The Kier molecular flexibility index (Phi) is 13.9. The molecule has 6 unspecified atom stereocenters. The predicted molar refractivity (Wildman–Crippen MR) is 220 cm³/mol. The number of aliphatic hydroxyl groups excluding tert-OH is 2. The fraction of sp³-hybridized carbons (Fsp3) is 0.830. The van der Waals surface area contributed by atoms with Gasteiger partial charge in [0.1, 0.15) is 23.9 Å². The number of aliphatic hydroxyl groups is 3. The Morgan fingerprint density at radius 3 is 2.02 bits per heavy atom. The number of carbonyl (C=O) groups excluding carboxylic acids is 2. The van der Waals surface area contributed by atoms with Crippen molar-refractivity contribution in [1.29, 1.82) is 0 Å². The monoisotopic (exact) mass is 828 g/mol. The van der Waals surface area contributed by atoms with Crippen LogP contribution in [0, 0.1) is 34.5 Å². The first-order chi connectivity index (χ1) is 28.5. The van der Waals surface area contributed by atoms with Gasteiger partial charge in [-0.25, -0.2) is 4.79 Å². The molecule has 1 saturated heterocycles. The molecule has 6 aliphatic rings. The topological polar surface area (TPSA) is 153 Å². The SMILES string of the molecule is CCCCCCCCCCCCCCCC(=O)O[C@]12C3C(C[C@](O)(C3OC(=O)c3ccccc3)[C@H](OC)[C@H]1O)[C@@]13C4C(OC)C2[C@@H]1N(C)C[C@@]4(COC)[C@@H](O)C[C@@H]3OC. The molecule has 15 atom stereocenters. The van der Waals surface area contributed by atoms with E-state index >= 15 is 0 Å². The number of piperidine rings is 1. The van der Waals surface area contributed by atoms with E-state index in [9.17, 15) is 24.9 Å². The number of likely N-dealkylation sites (tertiary alicyclic amines) is 1. The first-order valence-electron chi connectivity index (χ1n) is 22.8. The van der Waals surface area contributed by atoms with E-state index in [0.29, 0.717) is 24.9 Å². The summed E-state index contributed by atoms with van der Waals surface area (Å²) in [7, 11) is 8.39. The third-order valence-electron chi connectivity index (χ3n) is 16.3. The van der Waals surface area contributed by atoms with Gasteiger partial charge in [-0.05, 0) is 37.9 Å². The number of carbonyl (C=O) groups is 2. The average molecular weight is 828 g/mol. The molecule has 5 aliphatic carbocycles. The Morgan fingerprint density at radius 1 is 0.814 bits per heavy atom. The summed E-state index contributed by atoms with van der Waals surface area (Å²) in [5.41, 5.74) is -4.82. The summed E-state index contributed by atoms with van der Waals surface area (Å²) in [5.74, 6) is -3.48. The molecule has 1 spiro atoms. The summed E-state index contributed by atoms with van der Waals surface area (Å²) in [6.45, 7) is 2.97. The van der Waals surface area contributed by atoms with Crippen LogP contribution < -0.4 is 0 Å². The van der Waals surface area contributed by atoms with Crippen molar-refractivity contribution in [3.8, 4) is 0 Å². The minimum Gasteiger partial charge on any atom is -0.455 e. The van der Waals surface area contributed by atoms with Gasteiger partial charge in [-0.3, -0.25) is 4.79 Å². The van der Waals surface area contributed by atoms with Crippen LogP contribution in [-0.2, 0) is 33.2 Å². The third-order valence-corrected chi connectivity index (χ3v) is 16.3. The normalized spacial score (nSPS) is 41.5. The minimum atomic E-state index is -1.84. The molecule has 7 bridgehead atoms. The van der Waals surface area contributed by atoms with E-state index in [0.717, 1.165) is 19.3 Å². The Bertz CT molecular complexity index is 1580. The van der Waals surface area contributed by atoms with Gasteiger partial charge >= 0.3 is 11.9 Å². The maximum Gasteiger partial charge on any atom is 0.338 e. The number of methoxy groups -OCH3 is 4. The van der Waals surface area contributed by atoms with Crippen LogP contribution in [0.1, 0.15) is 120 Å². The van der Waals surface area contributed by atoms with E-state index in [1.165, 1.54) is 64.9 Å². The second kappa shape index (κ2) is 18.3. The zero-order valence-corrected chi connectivity index (χ0v) is 36.5. The summed E-state index contributed by atoms with van der Waals surface area (Å²) in [6.07, 6.45) is 9.99. The molecule has 5 saturated carbocycles. The number of unbranched alkanes of at least 4 members (excludes halogenated alkanes) is 12. The molecule has 7 rings (SSSR count). The second-order valence-corrected chi connectivity index (χ2v) is 19.1. The number of fused-ring (bicyclic) bond motifs is 2. The number of rotatable bonds is 22. The zero-order chi connectivity index (χ0) is 42.2. The fourth-order valence-electron chi connectivity index (χ4n) is 14.5. The Labute approximate surface area is 352 Å². The van der Waals surface area contributed by atoms with E-state index in [1.807, 2.05) is 13.1 Å². The van der Waals surface area contributed by atoms with E-state index in [-0.39, 0.29) is 31.4 Å². The molecule has 12 heteroatoms. The van der Waals surface area contributed by atoms with Gasteiger partial charge in [-0.2, -0.15) is 0 Å². The standard InChI is InChI=1S/C47H73NO11/c1-7-8-9-10-11-12-13-14-15-16-17-18-22-25-34(50)59-47-35-31(27-45(53,42(57-6)40(47)51)41(35)58-43(52)30-23-20-19-21-24-30)46-33(55-4)26-32(49)44(29-54-3)28-48(2)39(46)36(47)37(56-5)38(44)46/h19-21,23-24,31-33,35-42,49,51,53H,7-18,22,25-29H2,1-6H3/t31?,32-,33-,35?,36?,37?,38?,39-,40+,41?,42+,44+,45-,46+,47-/m0/s1. The Morgan fingerprint density at radius 2 is 1.44 bits per heavy atom. The molecule has 1 aromatic carbocycles. The number of nitrogens with zero attached hydrogens (tertiary/aromatic N) is 1. The number of esters is 2. The van der Waals surface area contributed by atoms with Crippen LogP contribution in [0.3, 0.4) is 0 Å². The molecule has 3 N–H and O–H groups in total. The maximum absolute atomic E-state index is 14.5. The molecular formula is C47H73NO11. The van der Waals surface area contributed by atoms with Crippen LogP contribution in [0.5, 0.6) is 0 Å². The van der Waals surface area contributed by atoms with E-state index in [4.69, 9.17) is 28.4 Å². The van der Waals surface area contributed by atoms with Crippen LogP contribution >= 0.6 is 0 Å². The van der Waals surface area contributed by atoms with E-state index < -0.39 is 88.3 Å². The quantitative estimate of drug-likeness (QED) is 0.0969. The molecular weight excluding hydrogens is 755 g/mol. The van der Waals surface area contributed by atoms with Crippen molar-refractivity contribution in [2.45, 2.75) is 164 Å². The van der Waals surface area contributed by atoms with Crippen molar-refractivity contribution in [2.24, 2.45) is 34.5 Å². The first kappa shape index (κ1) is 44.9. The molecule has 0 radical (unpaired) electrons. The highest BCUT2D eigenvalue weighted by atomic mass is 16.6. The summed E-state index contributed by atoms with van der Waals surface area (Å²) in [6, 6.07) is 8.29. The van der Waals surface area contributed by atoms with Crippen LogP contribution in [0.2, 0.25) is 0 Å². The van der Waals surface area contributed by atoms with Crippen LogP contribution in [0.4, 0.5) is 0 Å². The van der Waals surface area contributed by atoms with E-state index in [1.54, 1.807) is 45.6 Å². The number of ether oxygens (including phenoxy) is 6. The summed E-state index contributed by atoms with van der Waals surface area (Å²) >= 11 is 0. The number of benzene rings is 1.